The van der Waals surface area contributed by atoms with Gasteiger partial charge in [0.05, 0.1) is 16.5 Å². The predicted molar refractivity (Wildman–Crippen MR) is 154 cm³/mol. The summed E-state index contributed by atoms with van der Waals surface area (Å²) in [7, 11) is 0. The van der Waals surface area contributed by atoms with Crippen LogP contribution in [0.5, 0.6) is 17.2 Å². The van der Waals surface area contributed by atoms with Gasteiger partial charge in [-0.25, -0.2) is 4.79 Å². The lowest BCUT2D eigenvalue weighted by Gasteiger charge is -2.30. The van der Waals surface area contributed by atoms with Crippen molar-refractivity contribution in [2.75, 3.05) is 13.1 Å². The van der Waals surface area contributed by atoms with Gasteiger partial charge < -0.3 is 13.9 Å². The molecule has 0 radical (unpaired) electrons. The molecule has 0 aliphatic carbocycles. The van der Waals surface area contributed by atoms with Crippen LogP contribution >= 0.6 is 11.6 Å². The van der Waals surface area contributed by atoms with Crippen LogP contribution in [0.4, 0.5) is 13.2 Å². The Morgan fingerprint density at radius 3 is 2.36 bits per heavy atom. The summed E-state index contributed by atoms with van der Waals surface area (Å²) in [4.78, 5) is 28.6. The summed E-state index contributed by atoms with van der Waals surface area (Å²) in [5.74, 6) is -2.66. The number of aryl methyl sites for hydroxylation is 2. The number of carbonyl (C=O) groups is 1. The number of nitrogens with zero attached hydrogens (tertiary/aromatic N) is 1. The molecule has 1 aromatic heterocycles. The van der Waals surface area contributed by atoms with Gasteiger partial charge in [-0.15, -0.1) is 0 Å². The Hall–Kier alpha value is -3.82. The first kappa shape index (κ1) is 29.7. The molecule has 0 bridgehead atoms. The fourth-order valence-corrected chi connectivity index (χ4v) is 5.01. The number of rotatable bonds is 6. The number of halogens is 4. The molecule has 0 atom stereocenters. The van der Waals surface area contributed by atoms with Gasteiger partial charge in [0.2, 0.25) is 11.2 Å². The third-order valence-electron chi connectivity index (χ3n) is 7.58. The predicted octanol–water partition coefficient (Wildman–Crippen LogP) is 8.33. The first-order valence-corrected chi connectivity index (χ1v) is 13.9. The Morgan fingerprint density at radius 1 is 1.02 bits per heavy atom. The number of piperidine rings is 1. The molecule has 220 valence electrons. The van der Waals surface area contributed by atoms with Crippen LogP contribution in [-0.4, -0.2) is 24.0 Å². The lowest BCUT2D eigenvalue weighted by atomic mass is 9.98. The highest BCUT2D eigenvalue weighted by molar-refractivity contribution is 6.30. The molecule has 0 saturated carbocycles. The zero-order valence-corrected chi connectivity index (χ0v) is 24.1. The van der Waals surface area contributed by atoms with Crippen molar-refractivity contribution in [1.82, 2.24) is 4.90 Å². The highest BCUT2D eigenvalue weighted by atomic mass is 35.5. The molecule has 4 aromatic rings. The van der Waals surface area contributed by atoms with E-state index in [4.69, 9.17) is 25.5 Å². The highest BCUT2D eigenvalue weighted by Crippen LogP contribution is 2.41. The Bertz CT molecular complexity index is 1690. The van der Waals surface area contributed by atoms with Crippen LogP contribution in [0.25, 0.3) is 11.0 Å². The largest absolute Gasteiger partial charge is 0.453 e. The van der Waals surface area contributed by atoms with Crippen LogP contribution in [0.2, 0.25) is 5.02 Å². The summed E-state index contributed by atoms with van der Waals surface area (Å²) in [5.41, 5.74) is 0.792. The lowest BCUT2D eigenvalue weighted by Crippen LogP contribution is -2.32. The summed E-state index contributed by atoms with van der Waals surface area (Å²) in [6.07, 6.45) is -3.25. The van der Waals surface area contributed by atoms with Gasteiger partial charge in [0.15, 0.2) is 0 Å². The number of likely N-dealkylation sites (tertiary alicyclic amines) is 1. The number of ether oxygens (including phenoxy) is 2. The first-order chi connectivity index (χ1) is 19.9. The smallest absolute Gasteiger partial charge is 0.449 e. The quantitative estimate of drug-likeness (QED) is 0.164. The summed E-state index contributed by atoms with van der Waals surface area (Å²) < 4.78 is 59.9. The number of carbonyl (C=O) groups excluding carboxylic acids is 1. The molecule has 1 saturated heterocycles. The number of fused-ring (bicyclic) bond motifs is 1. The van der Waals surface area contributed by atoms with Gasteiger partial charge >= 0.3 is 12.1 Å². The number of esters is 1. The molecule has 0 N–H and O–H groups in total. The monoisotopic (exact) mass is 599 g/mol. The summed E-state index contributed by atoms with van der Waals surface area (Å²) in [6, 6.07) is 13.5. The summed E-state index contributed by atoms with van der Waals surface area (Å²) in [5, 5.41) is 0.311. The summed E-state index contributed by atoms with van der Waals surface area (Å²) >= 11 is 5.93. The number of hydrogen-bond donors (Lipinski definition) is 0. The first-order valence-electron chi connectivity index (χ1n) is 13.6. The van der Waals surface area contributed by atoms with Gasteiger partial charge in [-0.3, -0.25) is 9.69 Å². The van der Waals surface area contributed by atoms with Gasteiger partial charge in [0.25, 0.3) is 5.76 Å². The van der Waals surface area contributed by atoms with Crippen molar-refractivity contribution in [1.29, 1.82) is 0 Å². The van der Waals surface area contributed by atoms with Crippen LogP contribution in [0.1, 0.15) is 52.6 Å². The Kier molecular flexibility index (Phi) is 8.35. The third kappa shape index (κ3) is 6.32. The van der Waals surface area contributed by atoms with Crippen molar-refractivity contribution in [2.24, 2.45) is 5.92 Å². The fourth-order valence-electron chi connectivity index (χ4n) is 4.89. The van der Waals surface area contributed by atoms with Crippen molar-refractivity contribution >= 4 is 28.5 Å². The van der Waals surface area contributed by atoms with Crippen molar-refractivity contribution in [3.05, 3.63) is 97.9 Å². The second kappa shape index (κ2) is 11.8. The molecule has 0 spiro atoms. The van der Waals surface area contributed by atoms with E-state index in [1.54, 1.807) is 19.1 Å². The minimum absolute atomic E-state index is 0.000161. The molecule has 5 rings (SSSR count). The standard InChI is InChI=1S/C32H29ClF3NO5/c1-18-12-14-37(15-13-18)17-25-26(41-31(39)21-5-7-22(33)8-6-21)11-10-24-27(38)29(30(32(34,35)36)42-28(24)25)40-23-9-4-19(2)20(3)16-23/h4-11,16,18H,12-15,17H2,1-3H3. The fraction of sp³-hybridized carbons (Fsp3) is 0.312. The van der Waals surface area contributed by atoms with Crippen molar-refractivity contribution in [2.45, 2.75) is 46.3 Å². The second-order valence-corrected chi connectivity index (χ2v) is 11.1. The topological polar surface area (TPSA) is 69.0 Å². The maximum Gasteiger partial charge on any atom is 0.453 e. The van der Waals surface area contributed by atoms with E-state index in [0.717, 1.165) is 24.0 Å². The molecule has 42 heavy (non-hydrogen) atoms. The van der Waals surface area contributed by atoms with Crippen molar-refractivity contribution < 1.29 is 31.9 Å². The normalized spacial score (nSPS) is 14.7. The van der Waals surface area contributed by atoms with Crippen LogP contribution < -0.4 is 14.9 Å². The molecule has 1 fully saturated rings. The average molecular weight is 600 g/mol. The van der Waals surface area contributed by atoms with Gasteiger partial charge in [0.1, 0.15) is 17.1 Å². The Labute approximate surface area is 245 Å². The van der Waals surface area contributed by atoms with Crippen molar-refractivity contribution in [3.8, 4) is 17.2 Å². The SMILES string of the molecule is Cc1ccc(Oc2c(C(F)(F)F)oc3c(CN4CCC(C)CC4)c(OC(=O)c4ccc(Cl)cc4)ccc3c2=O)cc1C. The molecule has 6 nitrogen and oxygen atoms in total. The van der Waals surface area contributed by atoms with Crippen LogP contribution in [0, 0.1) is 19.8 Å². The van der Waals surface area contributed by atoms with Crippen molar-refractivity contribution in [3.63, 3.8) is 0 Å². The molecular formula is C32H29ClF3NO5. The summed E-state index contributed by atoms with van der Waals surface area (Å²) in [6.45, 7) is 7.27. The maximum absolute atomic E-state index is 14.4. The van der Waals surface area contributed by atoms with Gasteiger partial charge in [-0.05, 0) is 105 Å². The number of benzene rings is 3. The van der Waals surface area contributed by atoms with Crippen LogP contribution in [-0.2, 0) is 12.7 Å². The lowest BCUT2D eigenvalue weighted by molar-refractivity contribution is -0.154. The third-order valence-corrected chi connectivity index (χ3v) is 7.83. The number of alkyl halides is 3. The Morgan fingerprint density at radius 2 is 1.71 bits per heavy atom. The van der Waals surface area contributed by atoms with Gasteiger partial charge in [-0.2, -0.15) is 13.2 Å². The minimum Gasteiger partial charge on any atom is -0.449 e. The molecule has 0 amide bonds. The minimum atomic E-state index is -5.05. The molecule has 0 unspecified atom stereocenters. The molecule has 10 heteroatoms. The van der Waals surface area contributed by atoms with E-state index in [1.807, 2.05) is 11.8 Å². The maximum atomic E-state index is 14.4. The van der Waals surface area contributed by atoms with E-state index in [1.165, 1.54) is 42.5 Å². The van der Waals surface area contributed by atoms with E-state index < -0.39 is 29.1 Å². The van der Waals surface area contributed by atoms with Gasteiger partial charge in [-0.1, -0.05) is 24.6 Å². The highest BCUT2D eigenvalue weighted by Gasteiger charge is 2.41. The van der Waals surface area contributed by atoms with E-state index in [0.29, 0.717) is 24.0 Å². The molecule has 1 aliphatic rings. The Balaban J connectivity index is 1.65. The molecular weight excluding hydrogens is 571 g/mol. The van der Waals surface area contributed by atoms with Gasteiger partial charge in [0, 0.05) is 11.6 Å². The van der Waals surface area contributed by atoms with E-state index in [-0.39, 0.29) is 40.1 Å². The van der Waals surface area contributed by atoms with Crippen LogP contribution in [0.3, 0.4) is 0 Å². The zero-order valence-electron chi connectivity index (χ0n) is 23.3. The second-order valence-electron chi connectivity index (χ2n) is 10.7. The molecule has 3 aromatic carbocycles. The van der Waals surface area contributed by atoms with E-state index in [2.05, 4.69) is 6.92 Å². The molecule has 2 heterocycles. The zero-order chi connectivity index (χ0) is 30.2. The van der Waals surface area contributed by atoms with Crippen LogP contribution in [0.15, 0.2) is 63.8 Å². The van der Waals surface area contributed by atoms with E-state index >= 15 is 0 Å². The molecule has 1 aliphatic heterocycles. The average Bonchev–Trinajstić information content (AvgIpc) is 2.94. The van der Waals surface area contributed by atoms with E-state index in [9.17, 15) is 22.8 Å². The number of hydrogen-bond acceptors (Lipinski definition) is 6.